The lowest BCUT2D eigenvalue weighted by molar-refractivity contribution is -0.132. The first kappa shape index (κ1) is 19.4. The van der Waals surface area contributed by atoms with Crippen LogP contribution >= 0.6 is 0 Å². The van der Waals surface area contributed by atoms with Gasteiger partial charge >= 0.3 is 11.8 Å². The molecule has 0 saturated carbocycles. The van der Waals surface area contributed by atoms with Crippen molar-refractivity contribution < 1.29 is 14.4 Å². The number of carbonyl (C=O) groups excluding carboxylic acids is 3. The summed E-state index contributed by atoms with van der Waals surface area (Å²) in [4.78, 5) is 40.1. The second-order valence-electron chi connectivity index (χ2n) is 6.90. The molecule has 3 rings (SSSR count). The average molecular weight is 380 g/mol. The van der Waals surface area contributed by atoms with Gasteiger partial charge in [-0.05, 0) is 55.3 Å². The molecule has 2 aromatic carbocycles. The van der Waals surface area contributed by atoms with Crippen LogP contribution in [0.3, 0.4) is 0 Å². The van der Waals surface area contributed by atoms with Crippen LogP contribution in [0.25, 0.3) is 0 Å². The highest BCUT2D eigenvalue weighted by atomic mass is 16.2. The molecular weight excluding hydrogens is 356 g/mol. The molecule has 0 spiro atoms. The molecule has 0 radical (unpaired) electrons. The van der Waals surface area contributed by atoms with Crippen molar-refractivity contribution in [3.63, 3.8) is 0 Å². The monoisotopic (exact) mass is 380 g/mol. The zero-order valence-corrected chi connectivity index (χ0v) is 16.1. The molecule has 28 heavy (non-hydrogen) atoms. The molecule has 0 aliphatic carbocycles. The van der Waals surface area contributed by atoms with Gasteiger partial charge in [-0.2, -0.15) is 0 Å². The van der Waals surface area contributed by atoms with Gasteiger partial charge in [-0.25, -0.2) is 0 Å². The van der Waals surface area contributed by atoms with Crippen molar-refractivity contribution in [2.45, 2.75) is 19.3 Å². The van der Waals surface area contributed by atoms with Crippen LogP contribution in [-0.4, -0.2) is 38.4 Å². The number of nitrogens with one attached hydrogen (secondary N) is 2. The SMILES string of the molecule is CN(C)c1ccc(NC(=O)C(=O)Nc2cccc(N3CCCCC3=O)c2)cc1. The molecule has 0 atom stereocenters. The Labute approximate surface area is 164 Å². The molecule has 0 bridgehead atoms. The highest BCUT2D eigenvalue weighted by molar-refractivity contribution is 6.43. The van der Waals surface area contributed by atoms with Crippen LogP contribution < -0.4 is 20.4 Å². The molecule has 2 aromatic rings. The van der Waals surface area contributed by atoms with Gasteiger partial charge in [0.1, 0.15) is 0 Å². The Morgan fingerprint density at radius 2 is 1.61 bits per heavy atom. The fourth-order valence-corrected chi connectivity index (χ4v) is 3.05. The summed E-state index contributed by atoms with van der Waals surface area (Å²) < 4.78 is 0. The lowest BCUT2D eigenvalue weighted by Gasteiger charge is -2.27. The molecule has 1 aliphatic rings. The van der Waals surface area contributed by atoms with E-state index < -0.39 is 11.8 Å². The Balaban J connectivity index is 1.63. The van der Waals surface area contributed by atoms with Gasteiger partial charge in [-0.15, -0.1) is 0 Å². The summed E-state index contributed by atoms with van der Waals surface area (Å²) in [6, 6.07) is 14.2. The second-order valence-corrected chi connectivity index (χ2v) is 6.90. The highest BCUT2D eigenvalue weighted by Crippen LogP contribution is 2.24. The molecule has 7 nitrogen and oxygen atoms in total. The van der Waals surface area contributed by atoms with Gasteiger partial charge < -0.3 is 20.4 Å². The average Bonchev–Trinajstić information content (AvgIpc) is 2.69. The zero-order chi connectivity index (χ0) is 20.1. The molecule has 0 unspecified atom stereocenters. The lowest BCUT2D eigenvalue weighted by Crippen LogP contribution is -2.35. The summed E-state index contributed by atoms with van der Waals surface area (Å²) in [5.74, 6) is -1.44. The number of nitrogens with zero attached hydrogens (tertiary/aromatic N) is 2. The first-order chi connectivity index (χ1) is 13.4. The Morgan fingerprint density at radius 1 is 0.929 bits per heavy atom. The first-order valence-corrected chi connectivity index (χ1v) is 9.24. The zero-order valence-electron chi connectivity index (χ0n) is 16.1. The van der Waals surface area contributed by atoms with Crippen LogP contribution in [0.1, 0.15) is 19.3 Å². The molecule has 3 amide bonds. The van der Waals surface area contributed by atoms with Crippen LogP contribution in [0, 0.1) is 0 Å². The van der Waals surface area contributed by atoms with Gasteiger partial charge in [-0.1, -0.05) is 6.07 Å². The Kier molecular flexibility index (Phi) is 5.93. The molecular formula is C21H24N4O3. The predicted molar refractivity (Wildman–Crippen MR) is 111 cm³/mol. The van der Waals surface area contributed by atoms with E-state index in [1.807, 2.05) is 37.2 Å². The van der Waals surface area contributed by atoms with Gasteiger partial charge in [-0.3, -0.25) is 14.4 Å². The minimum Gasteiger partial charge on any atom is -0.378 e. The van der Waals surface area contributed by atoms with E-state index in [0.29, 0.717) is 24.3 Å². The molecule has 2 N–H and O–H groups in total. The number of anilines is 4. The van der Waals surface area contributed by atoms with Gasteiger partial charge in [0.25, 0.3) is 0 Å². The third-order valence-electron chi connectivity index (χ3n) is 4.59. The lowest BCUT2D eigenvalue weighted by atomic mass is 10.1. The Morgan fingerprint density at radius 3 is 2.25 bits per heavy atom. The summed E-state index contributed by atoms with van der Waals surface area (Å²) in [6.07, 6.45) is 2.39. The maximum Gasteiger partial charge on any atom is 0.314 e. The van der Waals surface area contributed by atoms with E-state index in [9.17, 15) is 14.4 Å². The minimum atomic E-state index is -0.765. The van der Waals surface area contributed by atoms with Crippen molar-refractivity contribution in [2.75, 3.05) is 41.1 Å². The van der Waals surface area contributed by atoms with Crippen molar-refractivity contribution in [1.82, 2.24) is 0 Å². The van der Waals surface area contributed by atoms with E-state index in [0.717, 1.165) is 24.2 Å². The van der Waals surface area contributed by atoms with Crippen molar-refractivity contribution in [1.29, 1.82) is 0 Å². The van der Waals surface area contributed by atoms with E-state index >= 15 is 0 Å². The summed E-state index contributed by atoms with van der Waals surface area (Å²) >= 11 is 0. The summed E-state index contributed by atoms with van der Waals surface area (Å²) in [6.45, 7) is 0.666. The van der Waals surface area contributed by atoms with Crippen LogP contribution in [0.4, 0.5) is 22.7 Å². The number of hydrogen-bond acceptors (Lipinski definition) is 4. The number of benzene rings is 2. The maximum absolute atomic E-state index is 12.2. The van der Waals surface area contributed by atoms with Crippen molar-refractivity contribution in [3.05, 3.63) is 48.5 Å². The summed E-state index contributed by atoms with van der Waals surface area (Å²) in [5.41, 5.74) is 2.73. The number of piperidine rings is 1. The van der Waals surface area contributed by atoms with Crippen LogP contribution in [-0.2, 0) is 14.4 Å². The highest BCUT2D eigenvalue weighted by Gasteiger charge is 2.20. The molecule has 7 heteroatoms. The van der Waals surface area contributed by atoms with Crippen molar-refractivity contribution >= 4 is 40.5 Å². The van der Waals surface area contributed by atoms with Gasteiger partial charge in [0.2, 0.25) is 5.91 Å². The Hall–Kier alpha value is -3.35. The number of rotatable bonds is 4. The predicted octanol–water partition coefficient (Wildman–Crippen LogP) is 2.85. The molecule has 0 aromatic heterocycles. The van der Waals surface area contributed by atoms with Gasteiger partial charge in [0.05, 0.1) is 0 Å². The van der Waals surface area contributed by atoms with E-state index in [-0.39, 0.29) is 5.91 Å². The van der Waals surface area contributed by atoms with Crippen molar-refractivity contribution in [3.8, 4) is 0 Å². The van der Waals surface area contributed by atoms with E-state index in [1.54, 1.807) is 35.2 Å². The molecule has 146 valence electrons. The quantitative estimate of drug-likeness (QED) is 0.799. The van der Waals surface area contributed by atoms with Crippen LogP contribution in [0.15, 0.2) is 48.5 Å². The fraction of sp³-hybridized carbons (Fsp3) is 0.286. The molecule has 1 fully saturated rings. The first-order valence-electron chi connectivity index (χ1n) is 9.24. The minimum absolute atomic E-state index is 0.0774. The maximum atomic E-state index is 12.2. The number of hydrogen-bond donors (Lipinski definition) is 2. The molecule has 1 heterocycles. The fourth-order valence-electron chi connectivity index (χ4n) is 3.05. The largest absolute Gasteiger partial charge is 0.378 e. The third kappa shape index (κ3) is 4.68. The summed E-state index contributed by atoms with van der Waals surface area (Å²) in [7, 11) is 3.85. The third-order valence-corrected chi connectivity index (χ3v) is 4.59. The smallest absolute Gasteiger partial charge is 0.314 e. The summed E-state index contributed by atoms with van der Waals surface area (Å²) in [5, 5.41) is 5.17. The topological polar surface area (TPSA) is 81.8 Å². The van der Waals surface area contributed by atoms with E-state index in [1.165, 1.54) is 0 Å². The van der Waals surface area contributed by atoms with Crippen LogP contribution in [0.2, 0.25) is 0 Å². The number of carbonyl (C=O) groups is 3. The van der Waals surface area contributed by atoms with Crippen molar-refractivity contribution in [2.24, 2.45) is 0 Å². The second kappa shape index (κ2) is 8.56. The van der Waals surface area contributed by atoms with Crippen LogP contribution in [0.5, 0.6) is 0 Å². The normalized spacial score (nSPS) is 13.8. The standard InChI is InChI=1S/C21H24N4O3/c1-24(2)17-11-9-15(10-12-17)22-20(27)21(28)23-16-6-5-7-18(14-16)25-13-4-3-8-19(25)26/h5-7,9-12,14H,3-4,8,13H2,1-2H3,(H,22,27)(H,23,28). The Bertz CT molecular complexity index is 877. The van der Waals surface area contributed by atoms with Gasteiger partial charge in [0.15, 0.2) is 0 Å². The van der Waals surface area contributed by atoms with E-state index in [4.69, 9.17) is 0 Å². The van der Waals surface area contributed by atoms with E-state index in [2.05, 4.69) is 10.6 Å². The molecule has 1 saturated heterocycles. The molecule has 1 aliphatic heterocycles. The van der Waals surface area contributed by atoms with Gasteiger partial charge in [0, 0.05) is 49.8 Å². The number of amides is 3.